The summed E-state index contributed by atoms with van der Waals surface area (Å²) < 4.78 is 16.2. The van der Waals surface area contributed by atoms with Crippen LogP contribution in [-0.4, -0.2) is 11.3 Å². The van der Waals surface area contributed by atoms with Gasteiger partial charge in [-0.15, -0.1) is 12.7 Å². The second-order valence-corrected chi connectivity index (χ2v) is 4.97. The van der Waals surface area contributed by atoms with Crippen molar-refractivity contribution in [3.05, 3.63) is 48.2 Å². The van der Waals surface area contributed by atoms with Crippen LogP contribution in [0.4, 0.5) is 0 Å². The van der Waals surface area contributed by atoms with Crippen molar-refractivity contribution in [2.75, 3.05) is 7.05 Å². The molecule has 0 amide bonds. The molecule has 0 fully saturated rings. The number of nitrogens with zero attached hydrogens (tertiary/aromatic N) is 1. The summed E-state index contributed by atoms with van der Waals surface area (Å²) >= 11 is 0. The number of hydrogen-bond acceptors (Lipinski definition) is 2. The maximum Gasteiger partial charge on any atom is 0.0364 e. The molecule has 0 saturated heterocycles. The van der Waals surface area contributed by atoms with Gasteiger partial charge in [-0.2, -0.15) is 0 Å². The minimum atomic E-state index is -2.35. The summed E-state index contributed by atoms with van der Waals surface area (Å²) in [5.41, 5.74) is 0. The van der Waals surface area contributed by atoms with Crippen molar-refractivity contribution >= 4 is 9.73 Å². The molecule has 0 saturated carbocycles. The van der Waals surface area contributed by atoms with Gasteiger partial charge in [-0.1, -0.05) is 18.2 Å². The Kier molecular flexibility index (Phi) is 3.77. The predicted molar refractivity (Wildman–Crippen MR) is 60.3 cm³/mol. The number of rotatable bonds is 3. The van der Waals surface area contributed by atoms with Gasteiger partial charge in [0.2, 0.25) is 0 Å². The van der Waals surface area contributed by atoms with Crippen molar-refractivity contribution in [2.24, 2.45) is 4.36 Å². The average Bonchev–Trinajstić information content (AvgIpc) is 2.27. The molecule has 0 N–H and O–H groups in total. The molecule has 0 bridgehead atoms. The highest BCUT2D eigenvalue weighted by Gasteiger charge is 2.02. The highest BCUT2D eigenvalue weighted by molar-refractivity contribution is 7.95. The summed E-state index contributed by atoms with van der Waals surface area (Å²) in [6.45, 7) is 1.89. The fraction of sp³-hybridized carbons (Fsp3) is 0.182. The van der Waals surface area contributed by atoms with Crippen molar-refractivity contribution in [2.45, 2.75) is 11.8 Å². The summed E-state index contributed by atoms with van der Waals surface area (Å²) in [7, 11) is -0.776. The number of hydrogen-bond donors (Lipinski definition) is 0. The minimum Gasteiger partial charge on any atom is -0.259 e. The summed E-state index contributed by atoms with van der Waals surface area (Å²) in [4.78, 5) is 0.751. The molecule has 0 aliphatic carbocycles. The van der Waals surface area contributed by atoms with Crippen LogP contribution in [-0.2, 0) is 9.73 Å². The van der Waals surface area contributed by atoms with E-state index in [-0.39, 0.29) is 0 Å². The largest absolute Gasteiger partial charge is 0.259 e. The van der Waals surface area contributed by atoms with Crippen LogP contribution in [0.5, 0.6) is 0 Å². The second kappa shape index (κ2) is 4.86. The van der Waals surface area contributed by atoms with Gasteiger partial charge in [0, 0.05) is 21.7 Å². The lowest BCUT2D eigenvalue weighted by molar-refractivity contribution is 0.680. The van der Waals surface area contributed by atoms with Crippen LogP contribution in [0.3, 0.4) is 0 Å². The zero-order valence-electron chi connectivity index (χ0n) is 8.38. The molecule has 0 aliphatic heterocycles. The molecule has 1 aromatic carbocycles. The van der Waals surface area contributed by atoms with Gasteiger partial charge in [0.05, 0.1) is 0 Å². The van der Waals surface area contributed by atoms with Gasteiger partial charge in [-0.05, 0) is 12.1 Å². The van der Waals surface area contributed by atoms with Crippen LogP contribution in [0, 0.1) is 5.75 Å². The third-order valence-electron chi connectivity index (χ3n) is 1.81. The Bertz CT molecular complexity index is 414. The Morgan fingerprint density at radius 1 is 1.36 bits per heavy atom. The Labute approximate surface area is 85.8 Å². The third kappa shape index (κ3) is 2.39. The summed E-state index contributed by atoms with van der Waals surface area (Å²) in [5.74, 6) is 1.64. The average molecular weight is 208 g/mol. The number of benzene rings is 1. The van der Waals surface area contributed by atoms with E-state index in [9.17, 15) is 4.21 Å². The molecule has 3 heteroatoms. The van der Waals surface area contributed by atoms with Crippen LogP contribution in [0.1, 0.15) is 6.92 Å². The van der Waals surface area contributed by atoms with Crippen LogP contribution < -0.4 is 0 Å². The van der Waals surface area contributed by atoms with E-state index in [1.165, 1.54) is 0 Å². The van der Waals surface area contributed by atoms with Crippen molar-refractivity contribution in [1.82, 2.24) is 0 Å². The number of allylic oxidation sites excluding steroid dienone is 1. The van der Waals surface area contributed by atoms with Crippen LogP contribution in [0.25, 0.3) is 0 Å². The van der Waals surface area contributed by atoms with Gasteiger partial charge in [0.25, 0.3) is 0 Å². The van der Waals surface area contributed by atoms with Crippen molar-refractivity contribution in [3.63, 3.8) is 0 Å². The fourth-order valence-electron chi connectivity index (χ4n) is 1.05. The third-order valence-corrected chi connectivity index (χ3v) is 3.82. The highest BCUT2D eigenvalue weighted by Crippen LogP contribution is 2.16. The van der Waals surface area contributed by atoms with E-state index < -0.39 is 9.73 Å². The highest BCUT2D eigenvalue weighted by atomic mass is 32.2. The lowest BCUT2D eigenvalue weighted by Crippen LogP contribution is -1.99. The fourth-order valence-corrected chi connectivity index (χ4v) is 2.45. The van der Waals surface area contributed by atoms with Gasteiger partial charge in [0.15, 0.2) is 0 Å². The van der Waals surface area contributed by atoms with E-state index in [2.05, 4.69) is 4.36 Å². The first kappa shape index (κ1) is 10.9. The predicted octanol–water partition coefficient (Wildman–Crippen LogP) is 2.88. The zero-order valence-corrected chi connectivity index (χ0v) is 9.20. The molecular weight excluding hydrogens is 194 g/mol. The molecule has 0 radical (unpaired) electrons. The monoisotopic (exact) mass is 208 g/mol. The molecule has 1 unspecified atom stereocenters. The van der Waals surface area contributed by atoms with E-state index in [0.717, 1.165) is 4.90 Å². The zero-order chi connectivity index (χ0) is 10.4. The van der Waals surface area contributed by atoms with Crippen LogP contribution in [0.2, 0.25) is 0 Å². The Balaban J connectivity index is 3.11. The van der Waals surface area contributed by atoms with E-state index in [4.69, 9.17) is 0 Å². The first-order valence-corrected chi connectivity index (χ1v) is 5.97. The molecule has 1 aromatic rings. The normalized spacial score (nSPS) is 15.0. The molecule has 0 aliphatic rings. The van der Waals surface area contributed by atoms with Gasteiger partial charge < -0.3 is 0 Å². The molecule has 0 aromatic heterocycles. The molecule has 2 nitrogen and oxygen atoms in total. The topological polar surface area (TPSA) is 29.4 Å². The van der Waals surface area contributed by atoms with Crippen LogP contribution >= 0.6 is 0 Å². The Morgan fingerprint density at radius 3 is 2.50 bits per heavy atom. The van der Waals surface area contributed by atoms with Crippen molar-refractivity contribution in [1.29, 1.82) is 0 Å². The molecule has 14 heavy (non-hydrogen) atoms. The van der Waals surface area contributed by atoms with Gasteiger partial charge in [0.1, 0.15) is 0 Å². The van der Waals surface area contributed by atoms with Gasteiger partial charge in [-0.25, -0.2) is 16.5 Å². The van der Waals surface area contributed by atoms with Gasteiger partial charge >= 0.3 is 0 Å². The molecule has 0 heterocycles. The second-order valence-electron chi connectivity index (χ2n) is 2.73. The maximum atomic E-state index is 12.2. The minimum absolute atomic E-state index is 0.751. The van der Waals surface area contributed by atoms with Crippen LogP contribution in [0.15, 0.2) is 51.7 Å². The smallest absolute Gasteiger partial charge is 0.0364 e. The van der Waals surface area contributed by atoms with Crippen molar-refractivity contribution in [3.8, 4) is 0 Å². The standard InChI is InChI=1S/C11H14NOS/c1-3-4-10-14(13,12-2)11-8-6-5-7-9-11/h3-10H,1-2H3/q-1/b4-3-. The first-order chi connectivity index (χ1) is 6.73. The molecule has 76 valence electrons. The van der Waals surface area contributed by atoms with E-state index in [1.807, 2.05) is 43.3 Å². The quantitative estimate of drug-likeness (QED) is 0.702. The van der Waals surface area contributed by atoms with E-state index >= 15 is 0 Å². The first-order valence-electron chi connectivity index (χ1n) is 4.39. The van der Waals surface area contributed by atoms with E-state index in [0.29, 0.717) is 0 Å². The molecule has 1 rings (SSSR count). The lowest BCUT2D eigenvalue weighted by Gasteiger charge is -2.11. The molecule has 0 spiro atoms. The maximum absolute atomic E-state index is 12.2. The van der Waals surface area contributed by atoms with E-state index in [1.54, 1.807) is 18.9 Å². The molecular formula is C11H14NOS-. The van der Waals surface area contributed by atoms with Gasteiger partial charge in [-0.3, -0.25) is 4.21 Å². The SMILES string of the molecule is C/C=C\[CH-]S(=O)(=NC)c1ccccc1. The molecule has 1 atom stereocenters. The Morgan fingerprint density at radius 2 is 2.00 bits per heavy atom. The lowest BCUT2D eigenvalue weighted by atomic mass is 10.4. The summed E-state index contributed by atoms with van der Waals surface area (Å²) in [5, 5.41) is 0. The Hall–Kier alpha value is -1.22. The summed E-state index contributed by atoms with van der Waals surface area (Å²) in [6.07, 6.45) is 3.61. The van der Waals surface area contributed by atoms with Crippen molar-refractivity contribution < 1.29 is 4.21 Å². The summed E-state index contributed by atoms with van der Waals surface area (Å²) in [6, 6.07) is 9.28.